The third-order valence-corrected chi connectivity index (χ3v) is 5.36. The fraction of sp³-hybridized carbons (Fsp3) is 0.240. The molecule has 0 aliphatic rings. The molecule has 13 heteroatoms. The van der Waals surface area contributed by atoms with Gasteiger partial charge in [0.2, 0.25) is 0 Å². The molecule has 38 heavy (non-hydrogen) atoms. The predicted molar refractivity (Wildman–Crippen MR) is 136 cm³/mol. The normalized spacial score (nSPS) is 11.7. The maximum Gasteiger partial charge on any atom is 0.350 e. The van der Waals surface area contributed by atoms with E-state index in [1.807, 2.05) is 0 Å². The first-order valence-corrected chi connectivity index (χ1v) is 11.7. The van der Waals surface area contributed by atoms with Crippen molar-refractivity contribution in [2.45, 2.75) is 19.4 Å². The second kappa shape index (κ2) is 12.0. The minimum absolute atomic E-state index is 0.0309. The van der Waals surface area contributed by atoms with Crippen LogP contribution in [-0.2, 0) is 0 Å². The average molecular weight is 525 g/mol. The number of aromatic nitrogens is 5. The third-order valence-electron chi connectivity index (χ3n) is 5.36. The molecule has 4 aromatic rings. The summed E-state index contributed by atoms with van der Waals surface area (Å²) in [5.41, 5.74) is 5.99. The molecule has 11 nitrogen and oxygen atoms in total. The number of nitrogens with two attached hydrogens (primary N) is 1. The number of nitrogens with one attached hydrogen (secondary N) is 3. The molecule has 1 unspecified atom stereocenters. The fourth-order valence-corrected chi connectivity index (χ4v) is 3.61. The molecule has 2 aromatic heterocycles. The Bertz CT molecular complexity index is 1440. The third kappa shape index (κ3) is 5.94. The van der Waals surface area contributed by atoms with Gasteiger partial charge < -0.3 is 20.5 Å². The second-order valence-electron chi connectivity index (χ2n) is 7.99. The summed E-state index contributed by atoms with van der Waals surface area (Å²) in [5, 5.41) is 15.1. The number of anilines is 1. The maximum atomic E-state index is 15.8. The fourth-order valence-electron chi connectivity index (χ4n) is 3.61. The molecule has 0 saturated carbocycles. The van der Waals surface area contributed by atoms with E-state index in [1.54, 1.807) is 37.3 Å². The Kier molecular flexibility index (Phi) is 8.26. The van der Waals surface area contributed by atoms with Crippen LogP contribution in [0.15, 0.2) is 59.7 Å². The number of alkyl halides is 1. The van der Waals surface area contributed by atoms with Crippen molar-refractivity contribution in [3.05, 3.63) is 88.1 Å². The summed E-state index contributed by atoms with van der Waals surface area (Å²) in [6, 6.07) is 9.97. The van der Waals surface area contributed by atoms with Gasteiger partial charge in [0.15, 0.2) is 17.4 Å². The van der Waals surface area contributed by atoms with Crippen molar-refractivity contribution in [3.8, 4) is 17.4 Å². The Morgan fingerprint density at radius 3 is 2.61 bits per heavy atom. The first-order valence-electron chi connectivity index (χ1n) is 11.7. The number of benzene rings is 2. The van der Waals surface area contributed by atoms with Crippen LogP contribution in [0.5, 0.6) is 11.5 Å². The van der Waals surface area contributed by atoms with E-state index in [0.29, 0.717) is 23.6 Å². The van der Waals surface area contributed by atoms with E-state index in [9.17, 15) is 9.18 Å². The quantitative estimate of drug-likeness (QED) is 0.125. The number of rotatable bonds is 12. The minimum atomic E-state index is -1.04. The van der Waals surface area contributed by atoms with Gasteiger partial charge in [-0.1, -0.05) is 0 Å². The average Bonchev–Trinajstić information content (AvgIpc) is 3.31. The van der Waals surface area contributed by atoms with Gasteiger partial charge in [0.25, 0.3) is 5.95 Å². The Balaban J connectivity index is 1.83. The highest BCUT2D eigenvalue weighted by atomic mass is 19.1. The lowest BCUT2D eigenvalue weighted by molar-refractivity contribution is 0.272. The van der Waals surface area contributed by atoms with Gasteiger partial charge in [0.05, 0.1) is 19.9 Å². The van der Waals surface area contributed by atoms with E-state index < -0.39 is 24.2 Å². The molecule has 198 valence electrons. The Labute approximate surface area is 216 Å². The zero-order valence-electron chi connectivity index (χ0n) is 20.4. The van der Waals surface area contributed by atoms with Crippen molar-refractivity contribution in [3.63, 3.8) is 0 Å². The molecule has 0 amide bonds. The van der Waals surface area contributed by atoms with Crippen LogP contribution >= 0.6 is 0 Å². The van der Waals surface area contributed by atoms with Crippen molar-refractivity contribution in [2.24, 2.45) is 5.73 Å². The Hall–Kier alpha value is -4.81. The highest BCUT2D eigenvalue weighted by molar-refractivity contribution is 5.95. The Morgan fingerprint density at radius 1 is 1.21 bits per heavy atom. The predicted octanol–water partition coefficient (Wildman–Crippen LogP) is 3.11. The van der Waals surface area contributed by atoms with Gasteiger partial charge in [0.1, 0.15) is 17.6 Å². The second-order valence-corrected chi connectivity index (χ2v) is 7.99. The lowest BCUT2D eigenvalue weighted by atomic mass is 10.0. The molecule has 2 heterocycles. The highest BCUT2D eigenvalue weighted by Gasteiger charge is 2.27. The maximum absolute atomic E-state index is 15.8. The number of aromatic amines is 1. The molecule has 4 rings (SSSR count). The summed E-state index contributed by atoms with van der Waals surface area (Å²) in [4.78, 5) is 23.5. The summed E-state index contributed by atoms with van der Waals surface area (Å²) in [7, 11) is 0. The van der Waals surface area contributed by atoms with E-state index in [4.69, 9.17) is 20.6 Å². The number of nitrogen functional groups attached to an aromatic ring is 1. The van der Waals surface area contributed by atoms with Crippen LogP contribution in [-0.4, -0.2) is 50.5 Å². The lowest BCUT2D eigenvalue weighted by Gasteiger charge is -2.21. The standard InChI is InChI=1S/C25H26F2N8O3/c1-2-37-17-13-18(20(27)19(14-17)38-12-3-9-26)21(32-16-7-5-15(6-8-16)22(28)29)23-33-25(36)35(34-23)24-30-10-4-11-31-24/h4-8,10-11,13-14,21,32H,2-3,9,12H2,1H3,(H3,28,29)(H,33,34,36). The van der Waals surface area contributed by atoms with Crippen LogP contribution in [0.1, 0.15) is 36.3 Å². The van der Waals surface area contributed by atoms with Crippen molar-refractivity contribution in [1.29, 1.82) is 5.41 Å². The van der Waals surface area contributed by atoms with Crippen LogP contribution in [0.3, 0.4) is 0 Å². The van der Waals surface area contributed by atoms with Crippen molar-refractivity contribution >= 4 is 11.5 Å². The van der Waals surface area contributed by atoms with E-state index in [-0.39, 0.29) is 41.9 Å². The van der Waals surface area contributed by atoms with Crippen LogP contribution in [0, 0.1) is 11.2 Å². The number of ether oxygens (including phenoxy) is 2. The molecular formula is C25H26F2N8O3. The van der Waals surface area contributed by atoms with Gasteiger partial charge in [-0.15, -0.1) is 9.78 Å². The molecule has 2 aromatic carbocycles. The van der Waals surface area contributed by atoms with Crippen LogP contribution in [0.25, 0.3) is 5.95 Å². The number of H-pyrrole nitrogens is 1. The largest absolute Gasteiger partial charge is 0.494 e. The van der Waals surface area contributed by atoms with Crippen LogP contribution in [0.4, 0.5) is 14.5 Å². The molecular weight excluding hydrogens is 498 g/mol. The number of amidine groups is 1. The van der Waals surface area contributed by atoms with Gasteiger partial charge in [-0.05, 0) is 43.3 Å². The molecule has 0 spiro atoms. The first kappa shape index (κ1) is 26.3. The minimum Gasteiger partial charge on any atom is -0.494 e. The monoisotopic (exact) mass is 524 g/mol. The lowest BCUT2D eigenvalue weighted by Crippen LogP contribution is -2.18. The number of hydrogen-bond donors (Lipinski definition) is 4. The van der Waals surface area contributed by atoms with Gasteiger partial charge >= 0.3 is 5.69 Å². The summed E-state index contributed by atoms with van der Waals surface area (Å²) in [6.07, 6.45) is 3.01. The van der Waals surface area contributed by atoms with Crippen LogP contribution in [0.2, 0.25) is 0 Å². The summed E-state index contributed by atoms with van der Waals surface area (Å²) in [5.74, 6) is -0.581. The molecule has 0 saturated heterocycles. The van der Waals surface area contributed by atoms with Crippen molar-refractivity contribution in [1.82, 2.24) is 24.7 Å². The molecule has 0 fully saturated rings. The zero-order chi connectivity index (χ0) is 27.1. The molecule has 0 radical (unpaired) electrons. The number of nitrogens with zero attached hydrogens (tertiary/aromatic N) is 4. The number of halogens is 2. The highest BCUT2D eigenvalue weighted by Crippen LogP contribution is 2.35. The van der Waals surface area contributed by atoms with Gasteiger partial charge in [-0.2, -0.15) is 0 Å². The van der Waals surface area contributed by atoms with Crippen LogP contribution < -0.4 is 26.2 Å². The summed E-state index contributed by atoms with van der Waals surface area (Å²) in [6.45, 7) is 1.43. The molecule has 0 aliphatic carbocycles. The van der Waals surface area contributed by atoms with E-state index in [1.165, 1.54) is 24.5 Å². The molecule has 0 aliphatic heterocycles. The SMILES string of the molecule is CCOc1cc(OCCCF)c(F)c(C(Nc2ccc(C(=N)N)cc2)c2nn(-c3ncccn3)c(=O)[nH]2)c1. The van der Waals surface area contributed by atoms with E-state index >= 15 is 4.39 Å². The van der Waals surface area contributed by atoms with Crippen molar-refractivity contribution < 1.29 is 18.3 Å². The van der Waals surface area contributed by atoms with Gasteiger partial charge in [-0.25, -0.2) is 19.2 Å². The molecule has 0 bridgehead atoms. The Morgan fingerprint density at radius 2 is 1.95 bits per heavy atom. The zero-order valence-corrected chi connectivity index (χ0v) is 20.4. The van der Waals surface area contributed by atoms with Crippen molar-refractivity contribution in [2.75, 3.05) is 25.2 Å². The topological polar surface area (TPSA) is 157 Å². The number of hydrogen-bond acceptors (Lipinski definition) is 8. The first-order chi connectivity index (χ1) is 18.4. The van der Waals surface area contributed by atoms with Gasteiger partial charge in [0, 0.05) is 41.7 Å². The summed E-state index contributed by atoms with van der Waals surface area (Å²) < 4.78 is 40.6. The summed E-state index contributed by atoms with van der Waals surface area (Å²) >= 11 is 0. The van der Waals surface area contributed by atoms with Gasteiger partial charge in [-0.3, -0.25) is 14.8 Å². The smallest absolute Gasteiger partial charge is 0.350 e. The molecule has 1 atom stereocenters. The van der Waals surface area contributed by atoms with E-state index in [0.717, 1.165) is 4.68 Å². The molecule has 5 N–H and O–H groups in total. The van der Waals surface area contributed by atoms with E-state index in [2.05, 4.69) is 25.4 Å².